The molecule has 0 aromatic heterocycles. The summed E-state index contributed by atoms with van der Waals surface area (Å²) in [5.74, 6) is 1.83. The van der Waals surface area contributed by atoms with Gasteiger partial charge in [0.15, 0.2) is 0 Å². The Labute approximate surface area is 98.0 Å². The predicted octanol–water partition coefficient (Wildman–Crippen LogP) is 2.97. The highest BCUT2D eigenvalue weighted by Gasteiger charge is 2.23. The van der Waals surface area contributed by atoms with Crippen LogP contribution in [0.25, 0.3) is 0 Å². The molecule has 2 heteroatoms. The standard InChI is InChI=1S/C14H21NO/c1-11(13-4-3-5-13)15-10-12-6-8-14(16-2)9-7-12/h6-9,11,13,15H,3-5,10H2,1-2H3/t11-/m0/s1. The van der Waals surface area contributed by atoms with Crippen molar-refractivity contribution in [2.24, 2.45) is 5.92 Å². The summed E-state index contributed by atoms with van der Waals surface area (Å²) in [6.07, 6.45) is 4.22. The second-order valence-corrected chi connectivity index (χ2v) is 4.71. The van der Waals surface area contributed by atoms with E-state index in [2.05, 4.69) is 24.4 Å². The first-order valence-electron chi connectivity index (χ1n) is 6.16. The number of hydrogen-bond donors (Lipinski definition) is 1. The van der Waals surface area contributed by atoms with Gasteiger partial charge in [0.05, 0.1) is 7.11 Å². The molecule has 0 bridgehead atoms. The lowest BCUT2D eigenvalue weighted by Gasteiger charge is -2.32. The zero-order chi connectivity index (χ0) is 11.4. The minimum absolute atomic E-state index is 0.649. The maximum absolute atomic E-state index is 5.14. The fourth-order valence-corrected chi connectivity index (χ4v) is 2.13. The summed E-state index contributed by atoms with van der Waals surface area (Å²) in [7, 11) is 1.70. The van der Waals surface area contributed by atoms with Crippen molar-refractivity contribution < 1.29 is 4.74 Å². The van der Waals surface area contributed by atoms with Gasteiger partial charge in [0, 0.05) is 12.6 Å². The summed E-state index contributed by atoms with van der Waals surface area (Å²) in [5.41, 5.74) is 1.33. The lowest BCUT2D eigenvalue weighted by atomic mass is 9.80. The molecule has 1 N–H and O–H groups in total. The Morgan fingerprint density at radius 2 is 2.00 bits per heavy atom. The van der Waals surface area contributed by atoms with Gasteiger partial charge in [-0.15, -0.1) is 0 Å². The summed E-state index contributed by atoms with van der Waals surface area (Å²) >= 11 is 0. The number of methoxy groups -OCH3 is 1. The maximum atomic E-state index is 5.14. The zero-order valence-electron chi connectivity index (χ0n) is 10.2. The van der Waals surface area contributed by atoms with Gasteiger partial charge in [-0.3, -0.25) is 0 Å². The summed E-state index contributed by atoms with van der Waals surface area (Å²) in [5, 5.41) is 3.60. The first-order valence-corrected chi connectivity index (χ1v) is 6.16. The van der Waals surface area contributed by atoms with Crippen LogP contribution in [0, 0.1) is 5.92 Å². The van der Waals surface area contributed by atoms with Gasteiger partial charge in [-0.2, -0.15) is 0 Å². The number of rotatable bonds is 5. The van der Waals surface area contributed by atoms with Gasteiger partial charge in [-0.05, 0) is 43.4 Å². The van der Waals surface area contributed by atoms with E-state index in [4.69, 9.17) is 4.74 Å². The van der Waals surface area contributed by atoms with Gasteiger partial charge in [0.25, 0.3) is 0 Å². The van der Waals surface area contributed by atoms with Crippen LogP contribution in [0.2, 0.25) is 0 Å². The Bertz CT molecular complexity index is 316. The van der Waals surface area contributed by atoms with E-state index in [9.17, 15) is 0 Å². The van der Waals surface area contributed by atoms with Crippen LogP contribution in [0.5, 0.6) is 5.75 Å². The Balaban J connectivity index is 1.79. The maximum Gasteiger partial charge on any atom is 0.118 e. The molecule has 0 radical (unpaired) electrons. The topological polar surface area (TPSA) is 21.3 Å². The van der Waals surface area contributed by atoms with Crippen molar-refractivity contribution in [3.05, 3.63) is 29.8 Å². The smallest absolute Gasteiger partial charge is 0.118 e. The van der Waals surface area contributed by atoms with Crippen LogP contribution in [0.1, 0.15) is 31.7 Å². The molecule has 1 aromatic carbocycles. The minimum atomic E-state index is 0.649. The molecular formula is C14H21NO. The molecule has 1 aliphatic carbocycles. The SMILES string of the molecule is COc1ccc(CN[C@@H](C)C2CCC2)cc1. The molecule has 0 saturated heterocycles. The lowest BCUT2D eigenvalue weighted by molar-refractivity contribution is 0.240. The van der Waals surface area contributed by atoms with Gasteiger partial charge in [0.2, 0.25) is 0 Å². The second-order valence-electron chi connectivity index (χ2n) is 4.71. The van der Waals surface area contributed by atoms with Crippen LogP contribution >= 0.6 is 0 Å². The van der Waals surface area contributed by atoms with Crippen LogP contribution < -0.4 is 10.1 Å². The molecule has 88 valence electrons. The molecular weight excluding hydrogens is 198 g/mol. The van der Waals surface area contributed by atoms with Crippen molar-refractivity contribution >= 4 is 0 Å². The van der Waals surface area contributed by atoms with E-state index in [0.717, 1.165) is 18.2 Å². The first-order chi connectivity index (χ1) is 7.79. The van der Waals surface area contributed by atoms with Crippen molar-refractivity contribution in [1.82, 2.24) is 5.32 Å². The third-order valence-corrected chi connectivity index (χ3v) is 3.64. The second kappa shape index (κ2) is 5.35. The molecule has 0 unspecified atom stereocenters. The largest absolute Gasteiger partial charge is 0.497 e. The van der Waals surface area contributed by atoms with Crippen LogP contribution in [-0.4, -0.2) is 13.2 Å². The molecule has 2 nitrogen and oxygen atoms in total. The average molecular weight is 219 g/mol. The Morgan fingerprint density at radius 3 is 2.50 bits per heavy atom. The van der Waals surface area contributed by atoms with Crippen LogP contribution in [0.3, 0.4) is 0 Å². The van der Waals surface area contributed by atoms with E-state index >= 15 is 0 Å². The number of hydrogen-bond acceptors (Lipinski definition) is 2. The van der Waals surface area contributed by atoms with Gasteiger partial charge in [-0.25, -0.2) is 0 Å². The zero-order valence-corrected chi connectivity index (χ0v) is 10.2. The third kappa shape index (κ3) is 2.76. The molecule has 16 heavy (non-hydrogen) atoms. The van der Waals surface area contributed by atoms with Crippen LogP contribution in [0.15, 0.2) is 24.3 Å². The van der Waals surface area contributed by atoms with E-state index in [1.165, 1.54) is 24.8 Å². The van der Waals surface area contributed by atoms with Gasteiger partial charge >= 0.3 is 0 Å². The highest BCUT2D eigenvalue weighted by atomic mass is 16.5. The van der Waals surface area contributed by atoms with Crippen molar-refractivity contribution in [2.45, 2.75) is 38.8 Å². The van der Waals surface area contributed by atoms with Crippen LogP contribution in [0.4, 0.5) is 0 Å². The van der Waals surface area contributed by atoms with Crippen molar-refractivity contribution in [3.63, 3.8) is 0 Å². The monoisotopic (exact) mass is 219 g/mol. The molecule has 0 amide bonds. The van der Waals surface area contributed by atoms with E-state index in [0.29, 0.717) is 6.04 Å². The summed E-state index contributed by atoms with van der Waals surface area (Å²) < 4.78 is 5.14. The normalized spacial score (nSPS) is 17.9. The quantitative estimate of drug-likeness (QED) is 0.822. The third-order valence-electron chi connectivity index (χ3n) is 3.64. The molecule has 1 atom stereocenters. The van der Waals surface area contributed by atoms with Crippen molar-refractivity contribution in [3.8, 4) is 5.75 Å². The number of benzene rings is 1. The minimum Gasteiger partial charge on any atom is -0.497 e. The van der Waals surface area contributed by atoms with E-state index in [1.807, 2.05) is 12.1 Å². The number of nitrogens with one attached hydrogen (secondary N) is 1. The highest BCUT2D eigenvalue weighted by molar-refractivity contribution is 5.27. The fraction of sp³-hybridized carbons (Fsp3) is 0.571. The van der Waals surface area contributed by atoms with Crippen molar-refractivity contribution in [1.29, 1.82) is 0 Å². The van der Waals surface area contributed by atoms with E-state index < -0.39 is 0 Å². The average Bonchev–Trinajstić information content (AvgIpc) is 2.25. The van der Waals surface area contributed by atoms with Crippen LogP contribution in [-0.2, 0) is 6.54 Å². The van der Waals surface area contributed by atoms with E-state index in [1.54, 1.807) is 7.11 Å². The Hall–Kier alpha value is -1.02. The lowest BCUT2D eigenvalue weighted by Crippen LogP contribution is -2.36. The summed E-state index contributed by atoms with van der Waals surface area (Å²) in [4.78, 5) is 0. The van der Waals surface area contributed by atoms with Gasteiger partial charge in [-0.1, -0.05) is 18.6 Å². The number of ether oxygens (including phenoxy) is 1. The molecule has 1 fully saturated rings. The molecule has 1 aliphatic rings. The molecule has 2 rings (SSSR count). The Morgan fingerprint density at radius 1 is 1.31 bits per heavy atom. The summed E-state index contributed by atoms with van der Waals surface area (Å²) in [6.45, 7) is 3.26. The van der Waals surface area contributed by atoms with E-state index in [-0.39, 0.29) is 0 Å². The fourth-order valence-electron chi connectivity index (χ4n) is 2.13. The van der Waals surface area contributed by atoms with Crippen molar-refractivity contribution in [2.75, 3.05) is 7.11 Å². The molecule has 0 spiro atoms. The van der Waals surface area contributed by atoms with Gasteiger partial charge in [0.1, 0.15) is 5.75 Å². The predicted molar refractivity (Wildman–Crippen MR) is 66.6 cm³/mol. The Kier molecular flexibility index (Phi) is 3.83. The first kappa shape index (κ1) is 11.5. The highest BCUT2D eigenvalue weighted by Crippen LogP contribution is 2.29. The molecule has 0 aliphatic heterocycles. The summed E-state index contributed by atoms with van der Waals surface area (Å²) in [6, 6.07) is 8.94. The molecule has 1 saturated carbocycles. The molecule has 0 heterocycles. The van der Waals surface area contributed by atoms with Gasteiger partial charge < -0.3 is 10.1 Å². The molecule has 1 aromatic rings.